The Kier molecular flexibility index (Phi) is 4.85. The molecule has 0 radical (unpaired) electrons. The maximum absolute atomic E-state index is 13.8. The van der Waals surface area contributed by atoms with Gasteiger partial charge in [-0.1, -0.05) is 23.7 Å². The molecule has 1 aromatic heterocycles. The first-order valence-electron chi connectivity index (χ1n) is 7.73. The van der Waals surface area contributed by atoms with E-state index >= 15 is 0 Å². The second kappa shape index (κ2) is 7.05. The van der Waals surface area contributed by atoms with E-state index in [2.05, 4.69) is 4.98 Å². The van der Waals surface area contributed by atoms with Gasteiger partial charge in [0.15, 0.2) is 0 Å². The van der Waals surface area contributed by atoms with Crippen LogP contribution >= 0.6 is 11.6 Å². The van der Waals surface area contributed by atoms with Gasteiger partial charge in [-0.3, -0.25) is 9.59 Å². The van der Waals surface area contributed by atoms with Crippen LogP contribution in [0.4, 0.5) is 4.39 Å². The predicted octanol–water partition coefficient (Wildman–Crippen LogP) is 2.80. The SMILES string of the molecule is O=C(c1cc(Cl)c[nH]1)N1CCCN(C(=O)c2ccccc2F)CC1. The zero-order chi connectivity index (χ0) is 17.1. The summed E-state index contributed by atoms with van der Waals surface area (Å²) < 4.78 is 13.8. The van der Waals surface area contributed by atoms with Gasteiger partial charge in [-0.15, -0.1) is 0 Å². The van der Waals surface area contributed by atoms with Gasteiger partial charge in [0.1, 0.15) is 11.5 Å². The monoisotopic (exact) mass is 349 g/mol. The van der Waals surface area contributed by atoms with Crippen LogP contribution in [-0.4, -0.2) is 52.8 Å². The summed E-state index contributed by atoms with van der Waals surface area (Å²) in [5.74, 6) is -1.02. The summed E-state index contributed by atoms with van der Waals surface area (Å²) in [6.07, 6.45) is 2.20. The molecule has 0 unspecified atom stereocenters. The Morgan fingerprint density at radius 1 is 1.04 bits per heavy atom. The number of H-pyrrole nitrogens is 1. The highest BCUT2D eigenvalue weighted by atomic mass is 35.5. The molecular weight excluding hydrogens is 333 g/mol. The minimum absolute atomic E-state index is 0.0634. The molecule has 0 spiro atoms. The molecule has 1 aromatic carbocycles. The molecule has 24 heavy (non-hydrogen) atoms. The van der Waals surface area contributed by atoms with E-state index in [0.29, 0.717) is 43.3 Å². The van der Waals surface area contributed by atoms with E-state index in [1.165, 1.54) is 12.1 Å². The van der Waals surface area contributed by atoms with Gasteiger partial charge in [0.2, 0.25) is 0 Å². The number of nitrogens with zero attached hydrogens (tertiary/aromatic N) is 2. The Balaban J connectivity index is 1.68. The van der Waals surface area contributed by atoms with Gasteiger partial charge >= 0.3 is 0 Å². The summed E-state index contributed by atoms with van der Waals surface area (Å²) in [7, 11) is 0. The average molecular weight is 350 g/mol. The first kappa shape index (κ1) is 16.5. The van der Waals surface area contributed by atoms with Crippen molar-refractivity contribution in [2.45, 2.75) is 6.42 Å². The molecule has 2 amide bonds. The molecule has 5 nitrogen and oxygen atoms in total. The van der Waals surface area contributed by atoms with Crippen molar-refractivity contribution in [3.63, 3.8) is 0 Å². The molecular formula is C17H17ClFN3O2. The first-order chi connectivity index (χ1) is 11.6. The minimum Gasteiger partial charge on any atom is -0.356 e. The van der Waals surface area contributed by atoms with Gasteiger partial charge in [-0.2, -0.15) is 0 Å². The van der Waals surface area contributed by atoms with Crippen LogP contribution in [0.25, 0.3) is 0 Å². The number of hydrogen-bond donors (Lipinski definition) is 1. The fourth-order valence-corrected chi connectivity index (χ4v) is 2.95. The second-order valence-electron chi connectivity index (χ2n) is 5.65. The van der Waals surface area contributed by atoms with E-state index in [0.717, 1.165) is 0 Å². The van der Waals surface area contributed by atoms with Gasteiger partial charge in [0.05, 0.1) is 10.6 Å². The zero-order valence-corrected chi connectivity index (χ0v) is 13.7. The molecule has 2 heterocycles. The third kappa shape index (κ3) is 3.43. The van der Waals surface area contributed by atoms with Crippen LogP contribution < -0.4 is 0 Å². The lowest BCUT2D eigenvalue weighted by Crippen LogP contribution is -2.37. The first-order valence-corrected chi connectivity index (χ1v) is 8.11. The number of hydrogen-bond acceptors (Lipinski definition) is 2. The zero-order valence-electron chi connectivity index (χ0n) is 13.0. The van der Waals surface area contributed by atoms with Gasteiger partial charge < -0.3 is 14.8 Å². The second-order valence-corrected chi connectivity index (χ2v) is 6.09. The lowest BCUT2D eigenvalue weighted by Gasteiger charge is -2.22. The highest BCUT2D eigenvalue weighted by Gasteiger charge is 2.25. The van der Waals surface area contributed by atoms with E-state index in [-0.39, 0.29) is 17.4 Å². The Bertz CT molecular complexity index is 762. The van der Waals surface area contributed by atoms with Crippen LogP contribution in [-0.2, 0) is 0 Å². The Labute approximate surface area is 144 Å². The molecule has 1 saturated heterocycles. The summed E-state index contributed by atoms with van der Waals surface area (Å²) in [5, 5.41) is 0.476. The third-order valence-electron chi connectivity index (χ3n) is 4.05. The van der Waals surface area contributed by atoms with Gasteiger partial charge in [-0.25, -0.2) is 4.39 Å². The molecule has 0 aliphatic carbocycles. The minimum atomic E-state index is -0.527. The van der Waals surface area contributed by atoms with E-state index in [1.807, 2.05) is 0 Å². The van der Waals surface area contributed by atoms with Crippen LogP contribution in [0.5, 0.6) is 0 Å². The van der Waals surface area contributed by atoms with E-state index < -0.39 is 5.82 Å². The smallest absolute Gasteiger partial charge is 0.270 e. The lowest BCUT2D eigenvalue weighted by molar-refractivity contribution is 0.0713. The van der Waals surface area contributed by atoms with Crippen LogP contribution in [0, 0.1) is 5.82 Å². The number of aromatic nitrogens is 1. The standard InChI is InChI=1S/C17H17ClFN3O2/c18-12-10-15(20-11-12)17(24)22-7-3-6-21(8-9-22)16(23)13-4-1-2-5-14(13)19/h1-2,4-5,10-11,20H,3,6-9H2. The molecule has 3 rings (SSSR count). The van der Waals surface area contributed by atoms with Crippen molar-refractivity contribution in [3.05, 3.63) is 58.6 Å². The summed E-state index contributed by atoms with van der Waals surface area (Å²) in [6.45, 7) is 1.79. The molecule has 1 fully saturated rings. The highest BCUT2D eigenvalue weighted by molar-refractivity contribution is 6.30. The van der Waals surface area contributed by atoms with E-state index in [1.54, 1.807) is 34.2 Å². The lowest BCUT2D eigenvalue weighted by atomic mass is 10.2. The molecule has 7 heteroatoms. The molecule has 126 valence electrons. The van der Waals surface area contributed by atoms with Crippen LogP contribution in [0.15, 0.2) is 36.5 Å². The van der Waals surface area contributed by atoms with Crippen LogP contribution in [0.2, 0.25) is 5.02 Å². The van der Waals surface area contributed by atoms with E-state index in [9.17, 15) is 14.0 Å². The molecule has 1 aliphatic heterocycles. The molecule has 0 atom stereocenters. The fourth-order valence-electron chi connectivity index (χ4n) is 2.79. The molecule has 2 aromatic rings. The van der Waals surface area contributed by atoms with Crippen LogP contribution in [0.3, 0.4) is 0 Å². The Morgan fingerprint density at radius 3 is 2.33 bits per heavy atom. The Morgan fingerprint density at radius 2 is 1.71 bits per heavy atom. The van der Waals surface area contributed by atoms with Crippen molar-refractivity contribution in [2.75, 3.05) is 26.2 Å². The third-order valence-corrected chi connectivity index (χ3v) is 4.27. The van der Waals surface area contributed by atoms with E-state index in [4.69, 9.17) is 11.6 Å². The maximum atomic E-state index is 13.8. The number of aromatic amines is 1. The number of carbonyl (C=O) groups is 2. The van der Waals surface area contributed by atoms with Crippen molar-refractivity contribution in [2.24, 2.45) is 0 Å². The number of benzene rings is 1. The highest BCUT2D eigenvalue weighted by Crippen LogP contribution is 2.15. The molecule has 0 bridgehead atoms. The number of nitrogens with one attached hydrogen (secondary N) is 1. The van der Waals surface area contributed by atoms with Crippen LogP contribution in [0.1, 0.15) is 27.3 Å². The van der Waals surface area contributed by atoms with Crippen molar-refractivity contribution in [1.82, 2.24) is 14.8 Å². The largest absolute Gasteiger partial charge is 0.356 e. The van der Waals surface area contributed by atoms with Gasteiger partial charge in [0, 0.05) is 32.4 Å². The van der Waals surface area contributed by atoms with Gasteiger partial charge in [0.25, 0.3) is 11.8 Å². The topological polar surface area (TPSA) is 56.4 Å². The predicted molar refractivity (Wildman–Crippen MR) is 88.6 cm³/mol. The number of rotatable bonds is 2. The quantitative estimate of drug-likeness (QED) is 0.906. The number of amides is 2. The summed E-state index contributed by atoms with van der Waals surface area (Å²) in [4.78, 5) is 31.0. The van der Waals surface area contributed by atoms with Crippen molar-refractivity contribution < 1.29 is 14.0 Å². The Hall–Kier alpha value is -2.34. The van der Waals surface area contributed by atoms with Gasteiger partial charge in [-0.05, 0) is 24.6 Å². The molecule has 1 N–H and O–H groups in total. The van der Waals surface area contributed by atoms with Crippen molar-refractivity contribution in [1.29, 1.82) is 0 Å². The summed E-state index contributed by atoms with van der Waals surface area (Å²) in [5.41, 5.74) is 0.488. The number of carbonyl (C=O) groups excluding carboxylic acids is 2. The summed E-state index contributed by atoms with van der Waals surface area (Å²) in [6, 6.07) is 7.52. The normalized spacial score (nSPS) is 15.2. The number of halogens is 2. The fraction of sp³-hybridized carbons (Fsp3) is 0.294. The average Bonchev–Trinajstić information content (AvgIpc) is 2.87. The maximum Gasteiger partial charge on any atom is 0.270 e. The van der Waals surface area contributed by atoms with Crippen molar-refractivity contribution in [3.8, 4) is 0 Å². The van der Waals surface area contributed by atoms with Crippen molar-refractivity contribution >= 4 is 23.4 Å². The summed E-state index contributed by atoms with van der Waals surface area (Å²) >= 11 is 5.83. The molecule has 1 aliphatic rings. The molecule has 0 saturated carbocycles.